The number of benzene rings is 1. The minimum atomic E-state index is 0.303. The highest BCUT2D eigenvalue weighted by molar-refractivity contribution is 7.17. The minimum absolute atomic E-state index is 0.303. The average Bonchev–Trinajstić information content (AvgIpc) is 2.62. The van der Waals surface area contributed by atoms with Crippen LogP contribution in [-0.4, -0.2) is 6.47 Å². The van der Waals surface area contributed by atoms with Crippen molar-refractivity contribution < 1.29 is 9.53 Å². The first-order valence-corrected chi connectivity index (χ1v) is 4.74. The van der Waals surface area contributed by atoms with Crippen LogP contribution in [0.15, 0.2) is 29.6 Å². The minimum Gasteiger partial charge on any atom is -0.452 e. The molecule has 1 radical (unpaired) electrons. The fourth-order valence-electron chi connectivity index (χ4n) is 1.29. The van der Waals surface area contributed by atoms with Gasteiger partial charge in [0.1, 0.15) is 6.61 Å². The van der Waals surface area contributed by atoms with Gasteiger partial charge in [0.25, 0.3) is 0 Å². The predicted octanol–water partition coefficient (Wildman–Crippen LogP) is 2.49. The van der Waals surface area contributed by atoms with Crippen LogP contribution < -0.4 is 0 Å². The molecule has 2 aromatic rings. The summed E-state index contributed by atoms with van der Waals surface area (Å²) < 4.78 is 5.81. The molecule has 3 heteroatoms. The summed E-state index contributed by atoms with van der Waals surface area (Å²) in [7, 11) is 0. The maximum Gasteiger partial charge on any atom is 0.417 e. The molecule has 2 nitrogen and oxygen atoms in total. The lowest BCUT2D eigenvalue weighted by Crippen LogP contribution is -1.89. The number of carbonyl (C=O) groups excluding carboxylic acids is 1. The summed E-state index contributed by atoms with van der Waals surface area (Å²) in [5.74, 6) is 0. The maximum absolute atomic E-state index is 9.91. The summed E-state index contributed by atoms with van der Waals surface area (Å²) >= 11 is 1.68. The van der Waals surface area contributed by atoms with E-state index in [0.717, 1.165) is 10.9 Å². The third-order valence-electron chi connectivity index (χ3n) is 1.87. The van der Waals surface area contributed by atoms with Gasteiger partial charge in [-0.2, -0.15) is 0 Å². The van der Waals surface area contributed by atoms with E-state index >= 15 is 0 Å². The second kappa shape index (κ2) is 3.58. The van der Waals surface area contributed by atoms with Gasteiger partial charge in [-0.15, -0.1) is 11.3 Å². The first-order chi connectivity index (χ1) is 6.42. The van der Waals surface area contributed by atoms with Crippen molar-refractivity contribution in [3.63, 3.8) is 0 Å². The highest BCUT2D eigenvalue weighted by atomic mass is 32.1. The topological polar surface area (TPSA) is 26.3 Å². The molecule has 0 aliphatic heterocycles. The third-order valence-corrected chi connectivity index (χ3v) is 2.75. The van der Waals surface area contributed by atoms with Gasteiger partial charge in [0.2, 0.25) is 0 Å². The van der Waals surface area contributed by atoms with Crippen LogP contribution in [0.1, 0.15) is 5.56 Å². The summed E-state index contributed by atoms with van der Waals surface area (Å²) in [6, 6.07) is 7.99. The molecule has 0 aliphatic rings. The van der Waals surface area contributed by atoms with E-state index in [0.29, 0.717) is 6.61 Å². The van der Waals surface area contributed by atoms with Gasteiger partial charge in [-0.25, -0.2) is 4.79 Å². The lowest BCUT2D eigenvalue weighted by atomic mass is 10.1. The fourth-order valence-corrected chi connectivity index (χ4v) is 2.12. The predicted molar refractivity (Wildman–Crippen MR) is 52.3 cm³/mol. The van der Waals surface area contributed by atoms with Crippen molar-refractivity contribution >= 4 is 27.9 Å². The number of thiophene rings is 1. The molecule has 0 atom stereocenters. The molecular formula is C10H7O2S. The zero-order valence-corrected chi connectivity index (χ0v) is 7.64. The van der Waals surface area contributed by atoms with Crippen LogP contribution in [-0.2, 0) is 16.1 Å². The summed E-state index contributed by atoms with van der Waals surface area (Å²) in [5, 5.41) is 3.18. The largest absolute Gasteiger partial charge is 0.452 e. The SMILES string of the molecule is O=[C]OCc1cccc2sccc12. The molecule has 1 aromatic carbocycles. The Hall–Kier alpha value is -1.35. The zero-order chi connectivity index (χ0) is 9.10. The molecule has 0 N–H and O–H groups in total. The van der Waals surface area contributed by atoms with Crippen LogP contribution in [0, 0.1) is 0 Å². The Bertz CT molecular complexity index is 420. The van der Waals surface area contributed by atoms with Crippen molar-refractivity contribution in [1.82, 2.24) is 0 Å². The van der Waals surface area contributed by atoms with Gasteiger partial charge in [0.15, 0.2) is 0 Å². The van der Waals surface area contributed by atoms with Gasteiger partial charge in [0, 0.05) is 4.70 Å². The van der Waals surface area contributed by atoms with Crippen molar-refractivity contribution in [2.75, 3.05) is 0 Å². The molecule has 0 aliphatic carbocycles. The van der Waals surface area contributed by atoms with Gasteiger partial charge < -0.3 is 4.74 Å². The van der Waals surface area contributed by atoms with Gasteiger partial charge in [-0.1, -0.05) is 12.1 Å². The Morgan fingerprint density at radius 3 is 3.15 bits per heavy atom. The van der Waals surface area contributed by atoms with Crippen LogP contribution in [0.4, 0.5) is 0 Å². The van der Waals surface area contributed by atoms with Crippen molar-refractivity contribution in [3.05, 3.63) is 35.2 Å². The molecule has 1 aromatic heterocycles. The first kappa shape index (κ1) is 8.26. The van der Waals surface area contributed by atoms with E-state index in [1.807, 2.05) is 29.6 Å². The normalized spacial score (nSPS) is 10.2. The van der Waals surface area contributed by atoms with Gasteiger partial charge in [-0.3, -0.25) is 0 Å². The lowest BCUT2D eigenvalue weighted by molar-refractivity contribution is 0.268. The van der Waals surface area contributed by atoms with Gasteiger partial charge >= 0.3 is 6.47 Å². The summed E-state index contributed by atoms with van der Waals surface area (Å²) in [6.07, 6.45) is 0. The number of hydrogen-bond donors (Lipinski definition) is 0. The van der Waals surface area contributed by atoms with Gasteiger partial charge in [-0.05, 0) is 28.5 Å². The summed E-state index contributed by atoms with van der Waals surface area (Å²) in [5.41, 5.74) is 1.03. The highest BCUT2D eigenvalue weighted by Gasteiger charge is 2.01. The Morgan fingerprint density at radius 1 is 1.38 bits per heavy atom. The molecule has 0 spiro atoms. The Labute approximate surface area is 79.8 Å². The van der Waals surface area contributed by atoms with E-state index in [4.69, 9.17) is 0 Å². The molecule has 2 rings (SSSR count). The van der Waals surface area contributed by atoms with E-state index in [1.165, 1.54) is 11.2 Å². The zero-order valence-electron chi connectivity index (χ0n) is 6.82. The number of ether oxygens (including phenoxy) is 1. The van der Waals surface area contributed by atoms with E-state index in [-0.39, 0.29) is 0 Å². The van der Waals surface area contributed by atoms with Crippen LogP contribution >= 0.6 is 11.3 Å². The maximum atomic E-state index is 9.91. The highest BCUT2D eigenvalue weighted by Crippen LogP contribution is 2.24. The lowest BCUT2D eigenvalue weighted by Gasteiger charge is -1.99. The smallest absolute Gasteiger partial charge is 0.417 e. The molecule has 13 heavy (non-hydrogen) atoms. The Balaban J connectivity index is 2.42. The number of rotatable bonds is 3. The van der Waals surface area contributed by atoms with Crippen LogP contribution in [0.25, 0.3) is 10.1 Å². The van der Waals surface area contributed by atoms with E-state index in [2.05, 4.69) is 4.74 Å². The molecule has 65 valence electrons. The summed E-state index contributed by atoms with van der Waals surface area (Å²) in [4.78, 5) is 9.91. The number of fused-ring (bicyclic) bond motifs is 1. The molecule has 0 bridgehead atoms. The van der Waals surface area contributed by atoms with Gasteiger partial charge in [0.05, 0.1) is 0 Å². The third kappa shape index (κ3) is 1.55. The van der Waals surface area contributed by atoms with E-state index < -0.39 is 0 Å². The Kier molecular flexibility index (Phi) is 2.27. The molecular weight excluding hydrogens is 184 g/mol. The molecule has 1 heterocycles. The molecule has 0 saturated carbocycles. The molecule has 0 fully saturated rings. The van der Waals surface area contributed by atoms with E-state index in [1.54, 1.807) is 11.3 Å². The summed E-state index contributed by atoms with van der Waals surface area (Å²) in [6.45, 7) is 1.73. The van der Waals surface area contributed by atoms with Crippen LogP contribution in [0.3, 0.4) is 0 Å². The van der Waals surface area contributed by atoms with Crippen LogP contribution in [0.5, 0.6) is 0 Å². The fraction of sp³-hybridized carbons (Fsp3) is 0.100. The molecule has 0 amide bonds. The van der Waals surface area contributed by atoms with E-state index in [9.17, 15) is 4.79 Å². The van der Waals surface area contributed by atoms with Crippen molar-refractivity contribution in [3.8, 4) is 0 Å². The van der Waals surface area contributed by atoms with Crippen molar-refractivity contribution in [2.45, 2.75) is 6.61 Å². The first-order valence-electron chi connectivity index (χ1n) is 3.86. The van der Waals surface area contributed by atoms with Crippen molar-refractivity contribution in [1.29, 1.82) is 0 Å². The standard InChI is InChI=1S/C10H7O2S/c11-7-12-6-8-2-1-3-10-9(8)4-5-13-10/h1-5H,6H2. The second-order valence-corrected chi connectivity index (χ2v) is 3.57. The second-order valence-electron chi connectivity index (χ2n) is 2.62. The quantitative estimate of drug-likeness (QED) is 0.745. The molecule has 0 unspecified atom stereocenters. The van der Waals surface area contributed by atoms with Crippen LogP contribution in [0.2, 0.25) is 0 Å². The monoisotopic (exact) mass is 191 g/mol. The average molecular weight is 191 g/mol. The van der Waals surface area contributed by atoms with Crippen molar-refractivity contribution in [2.24, 2.45) is 0 Å². The molecule has 0 saturated heterocycles. The Morgan fingerprint density at radius 2 is 2.31 bits per heavy atom. The number of hydrogen-bond acceptors (Lipinski definition) is 3.